The van der Waals surface area contributed by atoms with Gasteiger partial charge >= 0.3 is 0 Å². The number of aryl methyl sites for hydroxylation is 2. The first-order valence-corrected chi connectivity index (χ1v) is 11.7. The Labute approximate surface area is 181 Å². The van der Waals surface area contributed by atoms with Gasteiger partial charge in [0.15, 0.2) is 0 Å². The van der Waals surface area contributed by atoms with Gasteiger partial charge in [-0.1, -0.05) is 13.8 Å². The van der Waals surface area contributed by atoms with E-state index in [1.807, 2.05) is 28.5 Å². The summed E-state index contributed by atoms with van der Waals surface area (Å²) in [5.41, 5.74) is 0.116. The lowest BCUT2D eigenvalue weighted by atomic mass is 9.73. The van der Waals surface area contributed by atoms with Crippen LogP contribution in [-0.4, -0.2) is 51.1 Å². The van der Waals surface area contributed by atoms with E-state index in [0.717, 1.165) is 62.4 Å². The van der Waals surface area contributed by atoms with Gasteiger partial charge in [0.1, 0.15) is 5.82 Å². The Hall–Kier alpha value is -2.22. The molecule has 2 aromatic heterocycles. The smallest absolute Gasteiger partial charge is 0.289 e. The maximum atomic E-state index is 12.8. The minimum Gasteiger partial charge on any atom is -0.349 e. The first-order valence-electron chi connectivity index (χ1n) is 10.9. The summed E-state index contributed by atoms with van der Waals surface area (Å²) in [5.74, 6) is 1.90. The van der Waals surface area contributed by atoms with Gasteiger partial charge < -0.3 is 14.8 Å². The van der Waals surface area contributed by atoms with Crippen LogP contribution in [0.25, 0.3) is 0 Å². The number of piperidine rings is 1. The third-order valence-electron chi connectivity index (χ3n) is 6.47. The van der Waals surface area contributed by atoms with Crippen LogP contribution in [0.3, 0.4) is 0 Å². The third kappa shape index (κ3) is 4.29. The van der Waals surface area contributed by atoms with Gasteiger partial charge in [0.05, 0.1) is 4.88 Å². The van der Waals surface area contributed by atoms with Gasteiger partial charge in [-0.2, -0.15) is 0 Å². The van der Waals surface area contributed by atoms with E-state index in [1.54, 1.807) is 11.3 Å². The molecule has 1 fully saturated rings. The standard InChI is InChI=1S/C22H31N5O2S/c1-15(2)7-11-23-20(28)19-25-24-18-6-8-22(14-27(18)19)9-12-26(13-10-22)21(29)17-5-4-16(3)30-17/h4-5,15H,6-14H2,1-3H3,(H,23,28). The molecule has 4 rings (SSSR count). The second-order valence-electron chi connectivity index (χ2n) is 9.17. The minimum absolute atomic E-state index is 0.116. The molecule has 1 N–H and O–H groups in total. The normalized spacial score (nSPS) is 17.9. The number of carbonyl (C=O) groups is 2. The molecule has 1 saturated heterocycles. The van der Waals surface area contributed by atoms with Crippen molar-refractivity contribution in [2.24, 2.45) is 11.3 Å². The quantitative estimate of drug-likeness (QED) is 0.791. The van der Waals surface area contributed by atoms with E-state index in [4.69, 9.17) is 0 Å². The number of amides is 2. The van der Waals surface area contributed by atoms with E-state index in [0.29, 0.717) is 18.3 Å². The summed E-state index contributed by atoms with van der Waals surface area (Å²) in [5, 5.41) is 11.5. The molecule has 0 aliphatic carbocycles. The van der Waals surface area contributed by atoms with Crippen molar-refractivity contribution in [1.29, 1.82) is 0 Å². The zero-order valence-electron chi connectivity index (χ0n) is 18.1. The summed E-state index contributed by atoms with van der Waals surface area (Å²) >= 11 is 1.57. The molecule has 0 bridgehead atoms. The van der Waals surface area contributed by atoms with E-state index in [2.05, 4.69) is 29.4 Å². The fraction of sp³-hybridized carbons (Fsp3) is 0.636. The van der Waals surface area contributed by atoms with Crippen molar-refractivity contribution in [3.8, 4) is 0 Å². The lowest BCUT2D eigenvalue weighted by Gasteiger charge is -2.44. The Morgan fingerprint density at radius 1 is 1.20 bits per heavy atom. The molecule has 0 saturated carbocycles. The molecule has 7 nitrogen and oxygen atoms in total. The van der Waals surface area contributed by atoms with Crippen LogP contribution in [-0.2, 0) is 13.0 Å². The molecule has 0 radical (unpaired) electrons. The second-order valence-corrected chi connectivity index (χ2v) is 10.5. The lowest BCUT2D eigenvalue weighted by Crippen LogP contribution is -2.46. The van der Waals surface area contributed by atoms with Crippen molar-refractivity contribution in [1.82, 2.24) is 25.0 Å². The molecule has 2 amide bonds. The zero-order valence-corrected chi connectivity index (χ0v) is 18.9. The summed E-state index contributed by atoms with van der Waals surface area (Å²) in [6.45, 7) is 9.27. The maximum Gasteiger partial charge on any atom is 0.289 e. The van der Waals surface area contributed by atoms with Crippen LogP contribution < -0.4 is 5.32 Å². The van der Waals surface area contributed by atoms with Crippen molar-refractivity contribution >= 4 is 23.2 Å². The van der Waals surface area contributed by atoms with E-state index >= 15 is 0 Å². The van der Waals surface area contributed by atoms with E-state index in [9.17, 15) is 9.59 Å². The monoisotopic (exact) mass is 429 g/mol. The molecule has 0 atom stereocenters. The van der Waals surface area contributed by atoms with Crippen molar-refractivity contribution < 1.29 is 9.59 Å². The number of hydrogen-bond acceptors (Lipinski definition) is 5. The number of nitrogens with one attached hydrogen (secondary N) is 1. The fourth-order valence-corrected chi connectivity index (χ4v) is 5.33. The van der Waals surface area contributed by atoms with E-state index in [1.165, 1.54) is 4.88 Å². The molecular weight excluding hydrogens is 398 g/mol. The molecule has 0 aromatic carbocycles. The van der Waals surface area contributed by atoms with E-state index in [-0.39, 0.29) is 17.2 Å². The molecule has 1 spiro atoms. The number of likely N-dealkylation sites (tertiary alicyclic amines) is 1. The van der Waals surface area contributed by atoms with Crippen molar-refractivity contribution in [2.45, 2.75) is 59.4 Å². The highest BCUT2D eigenvalue weighted by Gasteiger charge is 2.40. The van der Waals surface area contributed by atoms with Gasteiger partial charge in [-0.15, -0.1) is 21.5 Å². The van der Waals surface area contributed by atoms with Gasteiger partial charge in [0, 0.05) is 37.5 Å². The predicted octanol–water partition coefficient (Wildman–Crippen LogP) is 3.29. The van der Waals surface area contributed by atoms with Gasteiger partial charge in [0.2, 0.25) is 5.82 Å². The number of rotatable bonds is 5. The Balaban J connectivity index is 1.40. The topological polar surface area (TPSA) is 80.1 Å². The predicted molar refractivity (Wildman–Crippen MR) is 117 cm³/mol. The van der Waals surface area contributed by atoms with Crippen LogP contribution in [0.1, 0.15) is 70.5 Å². The van der Waals surface area contributed by atoms with Crippen LogP contribution in [0.2, 0.25) is 0 Å². The fourth-order valence-electron chi connectivity index (χ4n) is 4.50. The third-order valence-corrected chi connectivity index (χ3v) is 7.46. The molecule has 0 unspecified atom stereocenters. The minimum atomic E-state index is -0.132. The Bertz CT molecular complexity index is 924. The molecule has 4 heterocycles. The van der Waals surface area contributed by atoms with Gasteiger partial charge in [-0.25, -0.2) is 0 Å². The SMILES string of the molecule is Cc1ccc(C(=O)N2CCC3(CCc4nnc(C(=O)NCCC(C)C)n4C3)CC2)s1. The average Bonchev–Trinajstić information content (AvgIpc) is 3.33. The second kappa shape index (κ2) is 8.49. The molecule has 2 aliphatic rings. The van der Waals surface area contributed by atoms with Crippen molar-refractivity contribution in [2.75, 3.05) is 19.6 Å². The number of aromatic nitrogens is 3. The number of hydrogen-bond donors (Lipinski definition) is 1. The molecule has 162 valence electrons. The largest absolute Gasteiger partial charge is 0.349 e. The summed E-state index contributed by atoms with van der Waals surface area (Å²) in [4.78, 5) is 29.4. The Morgan fingerprint density at radius 2 is 1.97 bits per heavy atom. The highest BCUT2D eigenvalue weighted by molar-refractivity contribution is 7.13. The van der Waals surface area contributed by atoms with Crippen LogP contribution in [0.15, 0.2) is 12.1 Å². The number of thiophene rings is 1. The summed E-state index contributed by atoms with van der Waals surface area (Å²) in [6.07, 6.45) is 4.74. The van der Waals surface area contributed by atoms with Crippen LogP contribution in [0.5, 0.6) is 0 Å². The summed E-state index contributed by atoms with van der Waals surface area (Å²) < 4.78 is 2.02. The van der Waals surface area contributed by atoms with Gasteiger partial charge in [0.25, 0.3) is 11.8 Å². The Kier molecular flexibility index (Phi) is 5.95. The number of carbonyl (C=O) groups excluding carboxylic acids is 2. The molecule has 30 heavy (non-hydrogen) atoms. The number of fused-ring (bicyclic) bond motifs is 1. The lowest BCUT2D eigenvalue weighted by molar-refractivity contribution is 0.0469. The van der Waals surface area contributed by atoms with Crippen LogP contribution in [0.4, 0.5) is 0 Å². The molecule has 2 aliphatic heterocycles. The van der Waals surface area contributed by atoms with Crippen molar-refractivity contribution in [3.63, 3.8) is 0 Å². The summed E-state index contributed by atoms with van der Waals surface area (Å²) in [6, 6.07) is 3.94. The average molecular weight is 430 g/mol. The molecular formula is C22H31N5O2S. The zero-order chi connectivity index (χ0) is 21.3. The summed E-state index contributed by atoms with van der Waals surface area (Å²) in [7, 11) is 0. The molecule has 8 heteroatoms. The first-order chi connectivity index (χ1) is 14.4. The van der Waals surface area contributed by atoms with Crippen molar-refractivity contribution in [3.05, 3.63) is 33.5 Å². The first kappa shape index (κ1) is 21.0. The highest BCUT2D eigenvalue weighted by Crippen LogP contribution is 2.41. The maximum absolute atomic E-state index is 12.8. The highest BCUT2D eigenvalue weighted by atomic mass is 32.1. The number of nitrogens with zero attached hydrogens (tertiary/aromatic N) is 4. The van der Waals surface area contributed by atoms with Gasteiger partial charge in [-0.05, 0) is 56.1 Å². The Morgan fingerprint density at radius 3 is 2.63 bits per heavy atom. The van der Waals surface area contributed by atoms with E-state index < -0.39 is 0 Å². The van der Waals surface area contributed by atoms with Crippen LogP contribution in [0, 0.1) is 18.3 Å². The van der Waals surface area contributed by atoms with Crippen LogP contribution >= 0.6 is 11.3 Å². The molecule has 2 aromatic rings. The van der Waals surface area contributed by atoms with Gasteiger partial charge in [-0.3, -0.25) is 9.59 Å².